The first-order valence-corrected chi connectivity index (χ1v) is 13.5. The molecule has 0 atom stereocenters. The molecule has 182 valence electrons. The van der Waals surface area contributed by atoms with Gasteiger partial charge >= 0.3 is 11.9 Å². The van der Waals surface area contributed by atoms with E-state index in [0.717, 1.165) is 32.1 Å². The van der Waals surface area contributed by atoms with Crippen LogP contribution >= 0.6 is 0 Å². The zero-order valence-electron chi connectivity index (χ0n) is 20.4. The average Bonchev–Trinajstić information content (AvgIpc) is 2.78. The SMILES string of the molecule is CCCCCCCCCCCCCCCCCCCOC(=O)C1(C(=O)O)CCCCC1. The van der Waals surface area contributed by atoms with Crippen LogP contribution in [0.15, 0.2) is 0 Å². The van der Waals surface area contributed by atoms with Crippen molar-refractivity contribution in [2.24, 2.45) is 5.41 Å². The van der Waals surface area contributed by atoms with Gasteiger partial charge in [0.2, 0.25) is 0 Å². The minimum Gasteiger partial charge on any atom is -0.480 e. The van der Waals surface area contributed by atoms with Gasteiger partial charge in [0.25, 0.3) is 0 Å². The van der Waals surface area contributed by atoms with E-state index in [1.54, 1.807) is 0 Å². The molecule has 1 aliphatic carbocycles. The minimum atomic E-state index is -1.27. The lowest BCUT2D eigenvalue weighted by Gasteiger charge is -2.30. The van der Waals surface area contributed by atoms with Crippen molar-refractivity contribution in [3.8, 4) is 0 Å². The highest BCUT2D eigenvalue weighted by Crippen LogP contribution is 2.37. The summed E-state index contributed by atoms with van der Waals surface area (Å²) < 4.78 is 5.35. The summed E-state index contributed by atoms with van der Waals surface area (Å²) in [6, 6.07) is 0. The number of esters is 1. The van der Waals surface area contributed by atoms with Gasteiger partial charge in [-0.3, -0.25) is 9.59 Å². The molecule has 0 aromatic carbocycles. The van der Waals surface area contributed by atoms with Crippen LogP contribution in [0.3, 0.4) is 0 Å². The van der Waals surface area contributed by atoms with E-state index in [1.165, 1.54) is 96.3 Å². The molecule has 4 nitrogen and oxygen atoms in total. The minimum absolute atomic E-state index is 0.368. The molecule has 0 spiro atoms. The maximum atomic E-state index is 12.3. The molecule has 0 bridgehead atoms. The first-order valence-electron chi connectivity index (χ1n) is 13.5. The Hall–Kier alpha value is -1.06. The van der Waals surface area contributed by atoms with Crippen molar-refractivity contribution in [3.63, 3.8) is 0 Å². The summed E-state index contributed by atoms with van der Waals surface area (Å²) in [5, 5.41) is 9.51. The molecule has 1 N–H and O–H groups in total. The molecule has 0 radical (unpaired) electrons. The Morgan fingerprint density at radius 2 is 1.03 bits per heavy atom. The zero-order chi connectivity index (χ0) is 22.6. The molecule has 0 saturated heterocycles. The second-order valence-corrected chi connectivity index (χ2v) is 9.74. The molecule has 1 aliphatic rings. The van der Waals surface area contributed by atoms with Crippen LogP contribution in [-0.4, -0.2) is 23.7 Å². The number of ether oxygens (including phenoxy) is 1. The first kappa shape index (κ1) is 28.0. The van der Waals surface area contributed by atoms with Gasteiger partial charge in [-0.15, -0.1) is 0 Å². The van der Waals surface area contributed by atoms with Gasteiger partial charge in [-0.25, -0.2) is 0 Å². The van der Waals surface area contributed by atoms with E-state index < -0.39 is 17.4 Å². The van der Waals surface area contributed by atoms with E-state index in [2.05, 4.69) is 6.92 Å². The van der Waals surface area contributed by atoms with Crippen molar-refractivity contribution < 1.29 is 19.4 Å². The lowest BCUT2D eigenvalue weighted by atomic mass is 9.74. The average molecular weight is 439 g/mol. The van der Waals surface area contributed by atoms with Gasteiger partial charge in [0.1, 0.15) is 0 Å². The molecular formula is C27H50O4. The van der Waals surface area contributed by atoms with Gasteiger partial charge in [0.15, 0.2) is 5.41 Å². The summed E-state index contributed by atoms with van der Waals surface area (Å²) in [7, 11) is 0. The predicted molar refractivity (Wildman–Crippen MR) is 128 cm³/mol. The number of carboxylic acids is 1. The molecule has 0 aromatic heterocycles. The molecule has 0 aromatic rings. The number of carbonyl (C=O) groups is 2. The third kappa shape index (κ3) is 12.5. The topological polar surface area (TPSA) is 63.6 Å². The highest BCUT2D eigenvalue weighted by Gasteiger charge is 2.48. The van der Waals surface area contributed by atoms with Crippen molar-refractivity contribution >= 4 is 11.9 Å². The number of aliphatic carboxylic acids is 1. The Balaban J connectivity index is 1.85. The number of hydrogen-bond acceptors (Lipinski definition) is 3. The smallest absolute Gasteiger partial charge is 0.323 e. The van der Waals surface area contributed by atoms with Crippen LogP contribution in [0.4, 0.5) is 0 Å². The van der Waals surface area contributed by atoms with Gasteiger partial charge in [-0.2, -0.15) is 0 Å². The van der Waals surface area contributed by atoms with Crippen molar-refractivity contribution in [1.82, 2.24) is 0 Å². The van der Waals surface area contributed by atoms with Gasteiger partial charge < -0.3 is 9.84 Å². The van der Waals surface area contributed by atoms with E-state index in [1.807, 2.05) is 0 Å². The van der Waals surface area contributed by atoms with Crippen LogP contribution < -0.4 is 0 Å². The van der Waals surface area contributed by atoms with E-state index >= 15 is 0 Å². The molecule has 0 unspecified atom stereocenters. The predicted octanol–water partition coefficient (Wildman–Crippen LogP) is 8.22. The summed E-state index contributed by atoms with van der Waals surface area (Å²) in [5.41, 5.74) is -1.27. The van der Waals surface area contributed by atoms with Gasteiger partial charge in [-0.05, 0) is 19.3 Å². The van der Waals surface area contributed by atoms with Crippen LogP contribution in [0.5, 0.6) is 0 Å². The standard InChI is InChI=1S/C27H50O4/c1-2-3-4-5-6-7-8-9-10-11-12-13-14-15-16-17-21-24-31-26(30)27(25(28)29)22-19-18-20-23-27/h2-24H2,1H3,(H,28,29). The Bertz CT molecular complexity index is 454. The van der Waals surface area contributed by atoms with Gasteiger partial charge in [-0.1, -0.05) is 129 Å². The molecule has 0 heterocycles. The largest absolute Gasteiger partial charge is 0.480 e. The van der Waals surface area contributed by atoms with Crippen molar-refractivity contribution in [1.29, 1.82) is 0 Å². The van der Waals surface area contributed by atoms with Crippen molar-refractivity contribution in [3.05, 3.63) is 0 Å². The van der Waals surface area contributed by atoms with Crippen LogP contribution in [0.1, 0.15) is 148 Å². The molecule has 1 fully saturated rings. The Labute approximate surface area is 191 Å². The summed E-state index contributed by atoms with van der Waals surface area (Å²) in [4.78, 5) is 23.9. The third-order valence-electron chi connectivity index (χ3n) is 6.99. The van der Waals surface area contributed by atoms with Crippen molar-refractivity contribution in [2.75, 3.05) is 6.61 Å². The van der Waals surface area contributed by atoms with Crippen LogP contribution in [-0.2, 0) is 14.3 Å². The normalized spacial score (nSPS) is 15.6. The first-order chi connectivity index (χ1) is 15.1. The molecule has 4 heteroatoms. The molecule has 1 saturated carbocycles. The number of hydrogen-bond donors (Lipinski definition) is 1. The molecule has 31 heavy (non-hydrogen) atoms. The summed E-state index contributed by atoms with van der Waals surface area (Å²) in [6.45, 7) is 2.64. The molecular weight excluding hydrogens is 388 g/mol. The Kier molecular flexibility index (Phi) is 16.7. The molecule has 0 aliphatic heterocycles. The Morgan fingerprint density at radius 3 is 1.42 bits per heavy atom. The van der Waals surface area contributed by atoms with Crippen LogP contribution in [0.2, 0.25) is 0 Å². The summed E-state index contributed by atoms with van der Waals surface area (Å²) >= 11 is 0. The van der Waals surface area contributed by atoms with E-state index in [-0.39, 0.29) is 0 Å². The molecule has 1 rings (SSSR count). The second-order valence-electron chi connectivity index (χ2n) is 9.74. The number of carboxylic acid groups (broad SMARTS) is 1. The van der Waals surface area contributed by atoms with Gasteiger partial charge in [0.05, 0.1) is 6.61 Å². The lowest BCUT2D eigenvalue weighted by molar-refractivity contribution is -0.171. The fourth-order valence-electron chi connectivity index (χ4n) is 4.79. The Morgan fingerprint density at radius 1 is 0.645 bits per heavy atom. The van der Waals surface area contributed by atoms with Crippen LogP contribution in [0.25, 0.3) is 0 Å². The fourth-order valence-corrected chi connectivity index (χ4v) is 4.79. The number of unbranched alkanes of at least 4 members (excludes halogenated alkanes) is 16. The zero-order valence-corrected chi connectivity index (χ0v) is 20.4. The number of rotatable bonds is 20. The summed E-state index contributed by atoms with van der Waals surface area (Å²) in [5.74, 6) is -1.50. The van der Waals surface area contributed by atoms with Crippen LogP contribution in [0, 0.1) is 5.41 Å². The second kappa shape index (κ2) is 18.5. The van der Waals surface area contributed by atoms with E-state index in [9.17, 15) is 14.7 Å². The highest BCUT2D eigenvalue weighted by molar-refractivity contribution is 5.99. The lowest BCUT2D eigenvalue weighted by Crippen LogP contribution is -2.42. The third-order valence-corrected chi connectivity index (χ3v) is 6.99. The summed E-state index contributed by atoms with van der Waals surface area (Å²) in [6.07, 6.45) is 25.9. The monoisotopic (exact) mass is 438 g/mol. The maximum absolute atomic E-state index is 12.3. The van der Waals surface area contributed by atoms with Gasteiger partial charge in [0, 0.05) is 0 Å². The maximum Gasteiger partial charge on any atom is 0.323 e. The highest BCUT2D eigenvalue weighted by atomic mass is 16.5. The number of carbonyl (C=O) groups excluding carboxylic acids is 1. The quantitative estimate of drug-likeness (QED) is 0.118. The molecule has 0 amide bonds. The van der Waals surface area contributed by atoms with E-state index in [0.29, 0.717) is 19.4 Å². The van der Waals surface area contributed by atoms with E-state index in [4.69, 9.17) is 4.74 Å². The van der Waals surface area contributed by atoms with Crippen molar-refractivity contribution in [2.45, 2.75) is 148 Å². The fraction of sp³-hybridized carbons (Fsp3) is 0.926.